The Morgan fingerprint density at radius 2 is 1.68 bits per heavy atom. The van der Waals surface area contributed by atoms with Crippen LogP contribution in [0.2, 0.25) is 0 Å². The number of hydrogen-bond acceptors (Lipinski definition) is 6. The van der Waals surface area contributed by atoms with Crippen LogP contribution in [0.3, 0.4) is 0 Å². The van der Waals surface area contributed by atoms with Crippen molar-refractivity contribution >= 4 is 30.1 Å². The zero-order chi connectivity index (χ0) is 30.4. The summed E-state index contributed by atoms with van der Waals surface area (Å²) in [5.74, 6) is 0.450. The van der Waals surface area contributed by atoms with Gasteiger partial charge >= 0.3 is 0 Å². The number of piperazine rings is 1. The summed E-state index contributed by atoms with van der Waals surface area (Å²) in [6.45, 7) is 5.28. The lowest BCUT2D eigenvalue weighted by molar-refractivity contribution is -0.165. The number of rotatable bonds is 11. The predicted octanol–water partition coefficient (Wildman–Crippen LogP) is 4.06. The molecular formula is C34H47ClN4O5. The number of ether oxygens (including phenoxy) is 1. The summed E-state index contributed by atoms with van der Waals surface area (Å²) in [7, 11) is 1.61. The zero-order valence-electron chi connectivity index (χ0n) is 25.9. The molecule has 5 rings (SSSR count). The van der Waals surface area contributed by atoms with Crippen molar-refractivity contribution in [3.63, 3.8) is 0 Å². The van der Waals surface area contributed by atoms with E-state index in [-0.39, 0.29) is 36.0 Å². The van der Waals surface area contributed by atoms with Crippen LogP contribution >= 0.6 is 12.4 Å². The van der Waals surface area contributed by atoms with Crippen LogP contribution < -0.4 is 15.4 Å². The maximum Gasteiger partial charge on any atom is 0.251 e. The first-order chi connectivity index (χ1) is 20.8. The highest BCUT2D eigenvalue weighted by atomic mass is 35.5. The summed E-state index contributed by atoms with van der Waals surface area (Å²) in [5, 5.41) is 16.7. The second-order valence-electron chi connectivity index (χ2n) is 12.3. The quantitative estimate of drug-likeness (QED) is 0.347. The normalized spacial score (nSPS) is 21.1. The Morgan fingerprint density at radius 3 is 2.30 bits per heavy atom. The molecule has 9 nitrogen and oxygen atoms in total. The number of carbonyl (C=O) groups is 3. The van der Waals surface area contributed by atoms with Crippen molar-refractivity contribution in [1.29, 1.82) is 0 Å². The number of carbonyl (C=O) groups excluding carboxylic acids is 3. The highest BCUT2D eigenvalue weighted by Crippen LogP contribution is 2.36. The third-order valence-electron chi connectivity index (χ3n) is 9.58. The fraction of sp³-hybridized carbons (Fsp3) is 0.559. The minimum absolute atomic E-state index is 0. The topological polar surface area (TPSA) is 111 Å². The molecule has 3 aliphatic rings. The van der Waals surface area contributed by atoms with Gasteiger partial charge in [-0.1, -0.05) is 50.5 Å². The second-order valence-corrected chi connectivity index (χ2v) is 12.3. The molecule has 3 fully saturated rings. The Kier molecular flexibility index (Phi) is 11.7. The van der Waals surface area contributed by atoms with Gasteiger partial charge in [-0.15, -0.1) is 12.4 Å². The number of piperidine rings is 1. The van der Waals surface area contributed by atoms with Crippen molar-refractivity contribution in [3.05, 3.63) is 65.2 Å². The molecule has 1 aliphatic carbocycles. The first-order valence-electron chi connectivity index (χ1n) is 15.9. The van der Waals surface area contributed by atoms with Crippen LogP contribution in [0, 0.1) is 5.92 Å². The average Bonchev–Trinajstić information content (AvgIpc) is 3.58. The lowest BCUT2D eigenvalue weighted by atomic mass is 9.80. The highest BCUT2D eigenvalue weighted by Gasteiger charge is 2.55. The zero-order valence-corrected chi connectivity index (χ0v) is 26.7. The highest BCUT2D eigenvalue weighted by molar-refractivity contribution is 6.00. The molecule has 10 heteroatoms. The van der Waals surface area contributed by atoms with Crippen molar-refractivity contribution < 1.29 is 24.2 Å². The van der Waals surface area contributed by atoms with E-state index in [0.717, 1.165) is 63.7 Å². The van der Waals surface area contributed by atoms with Crippen LogP contribution in [0.1, 0.15) is 79.8 Å². The number of halogens is 1. The largest absolute Gasteiger partial charge is 0.489 e. The third-order valence-corrected chi connectivity index (χ3v) is 9.58. The van der Waals surface area contributed by atoms with Crippen LogP contribution in [0.4, 0.5) is 0 Å². The molecule has 3 amide bonds. The van der Waals surface area contributed by atoms with Crippen molar-refractivity contribution in [1.82, 2.24) is 20.4 Å². The first-order valence-corrected chi connectivity index (χ1v) is 15.9. The summed E-state index contributed by atoms with van der Waals surface area (Å²) >= 11 is 0. The minimum atomic E-state index is -0.839. The molecule has 2 aliphatic heterocycles. The lowest BCUT2D eigenvalue weighted by Crippen LogP contribution is -2.75. The molecule has 0 aromatic heterocycles. The number of amides is 3. The maximum absolute atomic E-state index is 13.8. The molecule has 240 valence electrons. The van der Waals surface area contributed by atoms with Crippen molar-refractivity contribution in [2.75, 3.05) is 26.7 Å². The first kappa shape index (κ1) is 33.7. The SMILES string of the molecule is CCCCN1C(=O)[C@@H]([C@H](O)C2CCCC2)NC(=O)C12CCN(Cc1ccc(COc3ccc(C(=O)NC)cc3)cc1)CC2.Cl. The molecule has 3 N–H and O–H groups in total. The summed E-state index contributed by atoms with van der Waals surface area (Å²) in [5.41, 5.74) is 1.99. The van der Waals surface area contributed by atoms with Crippen molar-refractivity contribution in [2.24, 2.45) is 5.92 Å². The van der Waals surface area contributed by atoms with Gasteiger partial charge in [-0.05, 0) is 73.4 Å². The molecule has 2 aromatic carbocycles. The van der Waals surface area contributed by atoms with Gasteiger partial charge in [-0.2, -0.15) is 0 Å². The molecule has 1 spiro atoms. The van der Waals surface area contributed by atoms with Gasteiger partial charge in [0, 0.05) is 38.8 Å². The van der Waals surface area contributed by atoms with E-state index in [1.807, 2.05) is 4.90 Å². The van der Waals surface area contributed by atoms with Gasteiger partial charge < -0.3 is 25.4 Å². The molecule has 2 atom stereocenters. The minimum Gasteiger partial charge on any atom is -0.489 e. The maximum atomic E-state index is 13.8. The average molecular weight is 627 g/mol. The number of nitrogens with zero attached hydrogens (tertiary/aromatic N) is 2. The van der Waals surface area contributed by atoms with Crippen LogP contribution in [-0.2, 0) is 22.7 Å². The summed E-state index contributed by atoms with van der Waals surface area (Å²) < 4.78 is 5.89. The fourth-order valence-electron chi connectivity index (χ4n) is 6.87. The number of aliphatic hydroxyl groups is 1. The Labute approximate surface area is 267 Å². The summed E-state index contributed by atoms with van der Waals surface area (Å²) in [6, 6.07) is 14.6. The van der Waals surface area contributed by atoms with Crippen molar-refractivity contribution in [2.45, 2.75) is 89.1 Å². The van der Waals surface area contributed by atoms with Crippen LogP contribution in [-0.4, -0.2) is 77.0 Å². The Morgan fingerprint density at radius 1 is 1.05 bits per heavy atom. The molecule has 1 saturated carbocycles. The van der Waals surface area contributed by atoms with Crippen LogP contribution in [0.15, 0.2) is 48.5 Å². The molecule has 44 heavy (non-hydrogen) atoms. The number of likely N-dealkylation sites (tertiary alicyclic amines) is 1. The molecule has 0 unspecified atom stereocenters. The number of aliphatic hydroxyl groups excluding tert-OH is 1. The van der Waals surface area contributed by atoms with E-state index in [1.54, 1.807) is 31.3 Å². The molecule has 0 radical (unpaired) electrons. The molecular weight excluding hydrogens is 580 g/mol. The number of unbranched alkanes of at least 4 members (excludes halogenated alkanes) is 1. The van der Waals surface area contributed by atoms with E-state index in [1.165, 1.54) is 5.56 Å². The van der Waals surface area contributed by atoms with Crippen LogP contribution in [0.5, 0.6) is 5.75 Å². The Bertz CT molecular complexity index is 1260. The van der Waals surface area contributed by atoms with Crippen LogP contribution in [0.25, 0.3) is 0 Å². The molecule has 0 bridgehead atoms. The number of nitrogens with one attached hydrogen (secondary N) is 2. The smallest absolute Gasteiger partial charge is 0.251 e. The molecule has 2 aromatic rings. The van der Waals surface area contributed by atoms with E-state index in [0.29, 0.717) is 37.3 Å². The monoisotopic (exact) mass is 626 g/mol. The van der Waals surface area contributed by atoms with Crippen molar-refractivity contribution in [3.8, 4) is 5.75 Å². The second kappa shape index (κ2) is 15.2. The van der Waals surface area contributed by atoms with Gasteiger partial charge in [0.25, 0.3) is 5.91 Å². The van der Waals surface area contributed by atoms with E-state index in [2.05, 4.69) is 46.7 Å². The van der Waals surface area contributed by atoms with Gasteiger partial charge in [0.2, 0.25) is 11.8 Å². The van der Waals surface area contributed by atoms with E-state index in [4.69, 9.17) is 4.74 Å². The predicted molar refractivity (Wildman–Crippen MR) is 172 cm³/mol. The van der Waals surface area contributed by atoms with E-state index in [9.17, 15) is 19.5 Å². The fourth-order valence-corrected chi connectivity index (χ4v) is 6.87. The van der Waals surface area contributed by atoms with Gasteiger partial charge in [-0.3, -0.25) is 19.3 Å². The standard InChI is InChI=1S/C34H46N4O5.ClH/c1-3-4-19-38-32(41)29(30(39)26-7-5-6-8-26)36-33(42)34(38)17-20-37(21-18-34)22-24-9-11-25(12-10-24)23-43-28-15-13-27(14-16-28)31(40)35-2;/h9-16,26,29-30,39H,3-8,17-23H2,1-2H3,(H,35,40)(H,36,42);1H/t29-,30-;/m1./s1. The summed E-state index contributed by atoms with van der Waals surface area (Å²) in [4.78, 5) is 43.3. The third kappa shape index (κ3) is 7.38. The summed E-state index contributed by atoms with van der Waals surface area (Å²) in [6.07, 6.45) is 6.11. The lowest BCUT2D eigenvalue weighted by Gasteiger charge is -2.52. The number of hydrogen-bond donors (Lipinski definition) is 3. The van der Waals surface area contributed by atoms with E-state index < -0.39 is 17.7 Å². The van der Waals surface area contributed by atoms with E-state index >= 15 is 0 Å². The van der Waals surface area contributed by atoms with Gasteiger partial charge in [0.1, 0.15) is 23.9 Å². The Balaban J connectivity index is 0.00000442. The van der Waals surface area contributed by atoms with Gasteiger partial charge in [0.05, 0.1) is 6.10 Å². The number of benzene rings is 2. The molecule has 2 saturated heterocycles. The Hall–Kier alpha value is -3.14. The van der Waals surface area contributed by atoms with Gasteiger partial charge in [0.15, 0.2) is 0 Å². The van der Waals surface area contributed by atoms with Gasteiger partial charge in [-0.25, -0.2) is 0 Å². The molecule has 2 heterocycles.